The maximum absolute atomic E-state index is 14.5. The fourth-order valence-corrected chi connectivity index (χ4v) is 8.42. The Kier molecular flexibility index (Phi) is 8.72. The predicted molar refractivity (Wildman–Crippen MR) is 162 cm³/mol. The Hall–Kier alpha value is -3.46. The van der Waals surface area contributed by atoms with Gasteiger partial charge in [-0.25, -0.2) is 4.79 Å². The van der Waals surface area contributed by atoms with E-state index in [1.165, 1.54) is 12.2 Å². The average molecular weight is 609 g/mol. The van der Waals surface area contributed by atoms with Crippen molar-refractivity contribution in [3.8, 4) is 5.75 Å². The van der Waals surface area contributed by atoms with Crippen molar-refractivity contribution in [2.24, 2.45) is 34.5 Å². The molecule has 0 heterocycles. The molecular formula is C35H44O9. The van der Waals surface area contributed by atoms with Gasteiger partial charge in [-0.15, -0.1) is 0 Å². The molecule has 0 spiro atoms. The lowest BCUT2D eigenvalue weighted by Gasteiger charge is -2.62. The van der Waals surface area contributed by atoms with Crippen LogP contribution in [-0.2, 0) is 35.1 Å². The van der Waals surface area contributed by atoms with E-state index in [0.29, 0.717) is 12.0 Å². The van der Waals surface area contributed by atoms with E-state index >= 15 is 0 Å². The molecule has 4 rings (SSSR count). The van der Waals surface area contributed by atoms with Crippen LogP contribution in [-0.4, -0.2) is 57.3 Å². The fraction of sp³-hybridized carbons (Fsp3) is 0.600. The zero-order chi connectivity index (χ0) is 33.1. The minimum atomic E-state index is -2.75. The minimum Gasteiger partial charge on any atom is -0.507 e. The molecule has 0 aromatic heterocycles. The number of hydrogen-bond acceptors (Lipinski definition) is 9. The highest BCUT2D eigenvalue weighted by Crippen LogP contribution is 2.64. The summed E-state index contributed by atoms with van der Waals surface area (Å²) < 4.78 is 5.17. The first kappa shape index (κ1) is 33.4. The highest BCUT2D eigenvalue weighted by atomic mass is 16.5. The summed E-state index contributed by atoms with van der Waals surface area (Å²) >= 11 is 0. The van der Waals surface area contributed by atoms with Gasteiger partial charge in [0, 0.05) is 23.0 Å². The van der Waals surface area contributed by atoms with Crippen molar-refractivity contribution in [1.82, 2.24) is 0 Å². The molecular weight excluding hydrogens is 564 g/mol. The normalized spacial score (nSPS) is 31.8. The van der Waals surface area contributed by atoms with Crippen LogP contribution in [0, 0.1) is 34.5 Å². The molecule has 6 atom stereocenters. The van der Waals surface area contributed by atoms with Crippen molar-refractivity contribution in [2.75, 3.05) is 6.61 Å². The summed E-state index contributed by atoms with van der Waals surface area (Å²) in [6.45, 7) is 14.0. The van der Waals surface area contributed by atoms with Crippen LogP contribution in [0.3, 0.4) is 0 Å². The zero-order valence-electron chi connectivity index (χ0n) is 26.9. The lowest BCUT2D eigenvalue weighted by molar-refractivity contribution is -0.205. The van der Waals surface area contributed by atoms with Crippen LogP contribution in [0.2, 0.25) is 0 Å². The van der Waals surface area contributed by atoms with Crippen molar-refractivity contribution in [2.45, 2.75) is 92.6 Å². The molecule has 1 aromatic carbocycles. The lowest BCUT2D eigenvalue weighted by atomic mass is 9.39. The molecule has 0 saturated heterocycles. The summed E-state index contributed by atoms with van der Waals surface area (Å²) in [7, 11) is 0. The summed E-state index contributed by atoms with van der Waals surface area (Å²) in [6.07, 6.45) is 4.26. The van der Waals surface area contributed by atoms with Gasteiger partial charge in [-0.2, -0.15) is 0 Å². The Bertz CT molecular complexity index is 1480. The average Bonchev–Trinajstić information content (AvgIpc) is 2.89. The van der Waals surface area contributed by atoms with Crippen LogP contribution in [0.15, 0.2) is 12.1 Å². The number of phenolic OH excluding ortho intramolecular Hbond substituents is 1. The number of Topliss-reactive ketones (excluding diaryl/α,β-unsaturated/α-hetero) is 5. The van der Waals surface area contributed by atoms with Gasteiger partial charge >= 0.3 is 5.97 Å². The molecule has 2 saturated carbocycles. The quantitative estimate of drug-likeness (QED) is 0.187. The fourth-order valence-electron chi connectivity index (χ4n) is 8.42. The van der Waals surface area contributed by atoms with Crippen LogP contribution in [0.4, 0.5) is 0 Å². The third-order valence-corrected chi connectivity index (χ3v) is 10.2. The number of rotatable bonds is 8. The number of fused-ring (bicyclic) bond motifs is 3. The van der Waals surface area contributed by atoms with Gasteiger partial charge in [0.15, 0.2) is 28.7 Å². The number of esters is 1. The van der Waals surface area contributed by atoms with Crippen molar-refractivity contribution >= 4 is 41.0 Å². The van der Waals surface area contributed by atoms with E-state index in [2.05, 4.69) is 0 Å². The largest absolute Gasteiger partial charge is 0.507 e. The van der Waals surface area contributed by atoms with Crippen LogP contribution >= 0.6 is 0 Å². The number of ether oxygens (including phenoxy) is 1. The number of carbonyl (C=O) groups is 6. The lowest BCUT2D eigenvalue weighted by Crippen LogP contribution is -2.76. The number of unbranched alkanes of at least 4 members (excludes halogenated alkanes) is 1. The molecule has 238 valence electrons. The number of aliphatic hydroxyl groups is 1. The molecule has 44 heavy (non-hydrogen) atoms. The second-order valence-corrected chi connectivity index (χ2v) is 14.1. The smallest absolute Gasteiger partial charge is 0.330 e. The number of phenols is 1. The number of ketones is 5. The van der Waals surface area contributed by atoms with Crippen LogP contribution in [0.5, 0.6) is 5.75 Å². The third-order valence-electron chi connectivity index (χ3n) is 10.2. The maximum Gasteiger partial charge on any atom is 0.330 e. The summed E-state index contributed by atoms with van der Waals surface area (Å²) in [6, 6.07) is 1.72. The summed E-state index contributed by atoms with van der Waals surface area (Å²) in [5.74, 6) is -10.1. The Labute approximate surface area is 258 Å². The van der Waals surface area contributed by atoms with Gasteiger partial charge < -0.3 is 14.9 Å². The Balaban J connectivity index is 1.90. The number of benzene rings is 1. The first-order valence-electron chi connectivity index (χ1n) is 15.5. The third kappa shape index (κ3) is 4.78. The second-order valence-electron chi connectivity index (χ2n) is 14.1. The molecule has 2 N–H and O–H groups in total. The van der Waals surface area contributed by atoms with E-state index in [-0.39, 0.29) is 36.5 Å². The Morgan fingerprint density at radius 3 is 2.27 bits per heavy atom. The molecule has 2 fully saturated rings. The van der Waals surface area contributed by atoms with Gasteiger partial charge in [-0.05, 0) is 66.7 Å². The first-order valence-corrected chi connectivity index (χ1v) is 15.5. The van der Waals surface area contributed by atoms with Crippen molar-refractivity contribution in [1.29, 1.82) is 0 Å². The van der Waals surface area contributed by atoms with Gasteiger partial charge in [-0.3, -0.25) is 24.0 Å². The molecule has 3 aliphatic carbocycles. The second kappa shape index (κ2) is 11.5. The zero-order valence-corrected chi connectivity index (χ0v) is 26.9. The van der Waals surface area contributed by atoms with E-state index in [1.54, 1.807) is 33.8 Å². The van der Waals surface area contributed by atoms with Gasteiger partial charge in [0.25, 0.3) is 0 Å². The number of carbonyl (C=O) groups excluding carboxylic acids is 6. The molecule has 3 aliphatic rings. The molecule has 0 aliphatic heterocycles. The van der Waals surface area contributed by atoms with Gasteiger partial charge in [0.1, 0.15) is 17.5 Å². The first-order chi connectivity index (χ1) is 20.4. The highest BCUT2D eigenvalue weighted by molar-refractivity contribution is 6.32. The highest BCUT2D eigenvalue weighted by Gasteiger charge is 2.76. The molecule has 9 heteroatoms. The maximum atomic E-state index is 14.5. The van der Waals surface area contributed by atoms with Crippen LogP contribution in [0.1, 0.15) is 108 Å². The van der Waals surface area contributed by atoms with Gasteiger partial charge in [0.2, 0.25) is 0 Å². The van der Waals surface area contributed by atoms with Crippen molar-refractivity contribution in [3.63, 3.8) is 0 Å². The number of aromatic hydroxyl groups is 1. The van der Waals surface area contributed by atoms with Crippen LogP contribution < -0.4 is 0 Å². The Morgan fingerprint density at radius 2 is 1.73 bits per heavy atom. The van der Waals surface area contributed by atoms with Crippen molar-refractivity contribution in [3.05, 3.63) is 34.4 Å². The van der Waals surface area contributed by atoms with E-state index in [1.807, 2.05) is 20.8 Å². The monoisotopic (exact) mass is 608 g/mol. The molecule has 0 amide bonds. The van der Waals surface area contributed by atoms with E-state index in [0.717, 1.165) is 18.9 Å². The van der Waals surface area contributed by atoms with Gasteiger partial charge in [0.05, 0.1) is 18.1 Å². The van der Waals surface area contributed by atoms with Crippen molar-refractivity contribution < 1.29 is 43.7 Å². The molecule has 3 unspecified atom stereocenters. The summed E-state index contributed by atoms with van der Waals surface area (Å²) in [5, 5.41) is 23.6. The number of hydrogen-bond donors (Lipinski definition) is 2. The van der Waals surface area contributed by atoms with E-state index < -0.39 is 80.7 Å². The van der Waals surface area contributed by atoms with Gasteiger partial charge in [-0.1, -0.05) is 54.9 Å². The summed E-state index contributed by atoms with van der Waals surface area (Å²) in [4.78, 5) is 81.2. The molecule has 0 radical (unpaired) electrons. The molecule has 1 aromatic rings. The van der Waals surface area contributed by atoms with Crippen LogP contribution in [0.25, 0.3) is 6.08 Å². The minimum absolute atomic E-state index is 0.00735. The van der Waals surface area contributed by atoms with E-state index in [9.17, 15) is 39.0 Å². The standard InChI is InChI=1S/C35H44O9/c1-9-10-13-44-23(37)12-11-20-14-21(17(2)3)22-15-33(7)16-34(8)26(18(4)5)29(39)24(19(6)36)31(41)35(34,43)32(42)27(33)30(40)25(22)28(20)38/h11-12,14,17-18,24,26-27,38,43H,9-10,13,15-16H2,1-8H3/b12-11+/t24?,26?,27?,33-,34-,35+/m1/s1. The molecule has 9 nitrogen and oxygen atoms in total. The topological polar surface area (TPSA) is 152 Å². The predicted octanol–water partition coefficient (Wildman–Crippen LogP) is 4.57. The molecule has 0 bridgehead atoms. The summed E-state index contributed by atoms with van der Waals surface area (Å²) in [5.41, 5.74) is -4.00. The Morgan fingerprint density at radius 1 is 1.09 bits per heavy atom. The van der Waals surface area contributed by atoms with E-state index in [4.69, 9.17) is 4.74 Å². The SMILES string of the molecule is CCCCOC(=O)/C=C/c1cc(C(C)C)c2c(c1O)C(=O)C1C(=O)[C@@]3(O)C(=O)C(C(C)=O)C(=O)C(C(C)C)[C@@]3(C)C[C@@]1(C)C2.